The van der Waals surface area contributed by atoms with Gasteiger partial charge in [0, 0.05) is 45.4 Å². The fourth-order valence-corrected chi connectivity index (χ4v) is 3.11. The van der Waals surface area contributed by atoms with Crippen molar-refractivity contribution in [1.29, 1.82) is 0 Å². The molecule has 2 heterocycles. The lowest BCUT2D eigenvalue weighted by atomic mass is 10.0. The van der Waals surface area contributed by atoms with Crippen LogP contribution in [0.2, 0.25) is 0 Å². The molecule has 2 rings (SSSR count). The molecule has 116 valence electrons. The molecule has 0 unspecified atom stereocenters. The smallest absolute Gasteiger partial charge is 0.409 e. The zero-order chi connectivity index (χ0) is 14.5. The Balaban J connectivity index is 1.75. The van der Waals surface area contributed by atoms with Gasteiger partial charge in [-0.1, -0.05) is 0 Å². The van der Waals surface area contributed by atoms with E-state index in [9.17, 15) is 4.79 Å². The molecule has 2 atom stereocenters. The molecule has 6 nitrogen and oxygen atoms in total. The van der Waals surface area contributed by atoms with Gasteiger partial charge in [-0.15, -0.1) is 0 Å². The summed E-state index contributed by atoms with van der Waals surface area (Å²) in [7, 11) is 3.90. The van der Waals surface area contributed by atoms with Gasteiger partial charge in [0.05, 0.1) is 12.7 Å². The highest BCUT2D eigenvalue weighted by Gasteiger charge is 2.33. The van der Waals surface area contributed by atoms with Crippen LogP contribution in [0.25, 0.3) is 0 Å². The number of nitrogens with zero attached hydrogens (tertiary/aromatic N) is 2. The van der Waals surface area contributed by atoms with E-state index in [-0.39, 0.29) is 12.2 Å². The van der Waals surface area contributed by atoms with Crippen LogP contribution < -0.4 is 5.32 Å². The predicted molar refractivity (Wildman–Crippen MR) is 76.8 cm³/mol. The van der Waals surface area contributed by atoms with Crippen LogP contribution in [0.15, 0.2) is 0 Å². The number of piperidine rings is 1. The van der Waals surface area contributed by atoms with Gasteiger partial charge in [0.2, 0.25) is 0 Å². The number of methoxy groups -OCH3 is 1. The van der Waals surface area contributed by atoms with Gasteiger partial charge in [0.1, 0.15) is 0 Å². The normalized spacial score (nSPS) is 28.9. The number of ether oxygens (including phenoxy) is 2. The van der Waals surface area contributed by atoms with Crippen molar-refractivity contribution in [2.75, 3.05) is 46.9 Å². The van der Waals surface area contributed by atoms with E-state index in [0.29, 0.717) is 18.7 Å². The van der Waals surface area contributed by atoms with Crippen LogP contribution >= 0.6 is 0 Å². The lowest BCUT2D eigenvalue weighted by molar-refractivity contribution is 0.0765. The highest BCUT2D eigenvalue weighted by atomic mass is 16.6. The number of likely N-dealkylation sites (tertiary alicyclic amines) is 2. The minimum Gasteiger partial charge on any atom is -0.450 e. The average molecular weight is 285 g/mol. The summed E-state index contributed by atoms with van der Waals surface area (Å²) in [5, 5.41) is 3.70. The summed E-state index contributed by atoms with van der Waals surface area (Å²) in [5.74, 6) is 0. The van der Waals surface area contributed by atoms with Crippen LogP contribution in [0.5, 0.6) is 0 Å². The van der Waals surface area contributed by atoms with Crippen LogP contribution in [0.3, 0.4) is 0 Å². The maximum atomic E-state index is 11.6. The minimum atomic E-state index is -0.179. The van der Waals surface area contributed by atoms with Gasteiger partial charge in [-0.2, -0.15) is 0 Å². The SMILES string of the molecule is CCOC(=O)N1CCC(N[C@H]2CN(C)C[C@@H]2OC)CC1. The molecule has 0 bridgehead atoms. The topological polar surface area (TPSA) is 54.0 Å². The number of likely N-dealkylation sites (N-methyl/N-ethyl adjacent to an activating group) is 1. The van der Waals surface area contributed by atoms with Crippen LogP contribution in [0, 0.1) is 0 Å². The van der Waals surface area contributed by atoms with Gasteiger partial charge in [-0.05, 0) is 26.8 Å². The molecule has 2 saturated heterocycles. The molecule has 0 radical (unpaired) electrons. The Labute approximate surface area is 121 Å². The maximum Gasteiger partial charge on any atom is 0.409 e. The van der Waals surface area contributed by atoms with Gasteiger partial charge in [-0.25, -0.2) is 4.79 Å². The minimum absolute atomic E-state index is 0.179. The quantitative estimate of drug-likeness (QED) is 0.816. The van der Waals surface area contributed by atoms with Gasteiger partial charge >= 0.3 is 6.09 Å². The van der Waals surface area contributed by atoms with E-state index < -0.39 is 0 Å². The second-order valence-corrected chi connectivity index (χ2v) is 5.73. The summed E-state index contributed by atoms with van der Waals surface area (Å²) in [6.45, 7) is 5.84. The van der Waals surface area contributed by atoms with Crippen LogP contribution in [0.4, 0.5) is 4.79 Å². The van der Waals surface area contributed by atoms with E-state index in [1.807, 2.05) is 6.92 Å². The summed E-state index contributed by atoms with van der Waals surface area (Å²) in [6.07, 6.45) is 2.05. The van der Waals surface area contributed by atoms with Crippen molar-refractivity contribution in [3.8, 4) is 0 Å². The van der Waals surface area contributed by atoms with Crippen molar-refractivity contribution in [1.82, 2.24) is 15.1 Å². The summed E-state index contributed by atoms with van der Waals surface area (Å²) < 4.78 is 10.6. The number of nitrogens with one attached hydrogen (secondary N) is 1. The summed E-state index contributed by atoms with van der Waals surface area (Å²) in [6, 6.07) is 0.860. The fourth-order valence-electron chi connectivity index (χ4n) is 3.11. The highest BCUT2D eigenvalue weighted by Crippen LogP contribution is 2.16. The van der Waals surface area contributed by atoms with Crippen molar-refractivity contribution >= 4 is 6.09 Å². The van der Waals surface area contributed by atoms with E-state index >= 15 is 0 Å². The molecule has 2 fully saturated rings. The lowest BCUT2D eigenvalue weighted by Crippen LogP contribution is -2.51. The summed E-state index contributed by atoms with van der Waals surface area (Å²) in [5.41, 5.74) is 0. The number of rotatable bonds is 4. The third kappa shape index (κ3) is 3.84. The molecule has 0 aromatic heterocycles. The Morgan fingerprint density at radius 1 is 1.30 bits per heavy atom. The van der Waals surface area contributed by atoms with Crippen molar-refractivity contribution < 1.29 is 14.3 Å². The second-order valence-electron chi connectivity index (χ2n) is 5.73. The van der Waals surface area contributed by atoms with Gasteiger partial charge in [0.15, 0.2) is 0 Å². The van der Waals surface area contributed by atoms with Crippen LogP contribution in [-0.2, 0) is 9.47 Å². The zero-order valence-corrected chi connectivity index (χ0v) is 12.8. The summed E-state index contributed by atoms with van der Waals surface area (Å²) in [4.78, 5) is 15.7. The van der Waals surface area contributed by atoms with Crippen molar-refractivity contribution in [2.45, 2.75) is 38.0 Å². The molecule has 2 aliphatic heterocycles. The number of hydrogen-bond acceptors (Lipinski definition) is 5. The standard InChI is InChI=1S/C14H27N3O3/c1-4-20-14(18)17-7-5-11(6-8-17)15-12-9-16(2)10-13(12)19-3/h11-13,15H,4-10H2,1-3H3/t12-,13-/m0/s1. The monoisotopic (exact) mass is 285 g/mol. The Bertz CT molecular complexity index is 319. The lowest BCUT2D eigenvalue weighted by Gasteiger charge is -2.34. The van der Waals surface area contributed by atoms with Crippen LogP contribution in [0.1, 0.15) is 19.8 Å². The molecule has 2 aliphatic rings. The van der Waals surface area contributed by atoms with E-state index in [4.69, 9.17) is 9.47 Å². The summed E-state index contributed by atoms with van der Waals surface area (Å²) >= 11 is 0. The van der Waals surface area contributed by atoms with Crippen molar-refractivity contribution in [2.24, 2.45) is 0 Å². The fraction of sp³-hybridized carbons (Fsp3) is 0.929. The number of carbonyl (C=O) groups excluding carboxylic acids is 1. The van der Waals surface area contributed by atoms with Crippen molar-refractivity contribution in [3.05, 3.63) is 0 Å². The molecule has 0 aromatic rings. The Hall–Kier alpha value is -0.850. The predicted octanol–water partition coefficient (Wildman–Crippen LogP) is 0.526. The molecule has 0 aliphatic carbocycles. The van der Waals surface area contributed by atoms with E-state index in [1.54, 1.807) is 12.0 Å². The number of hydrogen-bond donors (Lipinski definition) is 1. The third-order valence-corrected chi connectivity index (χ3v) is 4.22. The molecule has 6 heteroatoms. The molecule has 0 saturated carbocycles. The first-order valence-corrected chi connectivity index (χ1v) is 7.53. The van der Waals surface area contributed by atoms with Crippen molar-refractivity contribution in [3.63, 3.8) is 0 Å². The molecule has 1 N–H and O–H groups in total. The second kappa shape index (κ2) is 7.24. The molecule has 1 amide bonds. The Morgan fingerprint density at radius 2 is 2.00 bits per heavy atom. The molecule has 0 spiro atoms. The Morgan fingerprint density at radius 3 is 2.60 bits per heavy atom. The Kier molecular flexibility index (Phi) is 5.63. The largest absolute Gasteiger partial charge is 0.450 e. The van der Waals surface area contributed by atoms with Crippen LogP contribution in [-0.4, -0.2) is 81.0 Å². The first-order valence-electron chi connectivity index (χ1n) is 7.53. The molecular weight excluding hydrogens is 258 g/mol. The first kappa shape index (κ1) is 15.5. The average Bonchev–Trinajstić information content (AvgIpc) is 2.80. The van der Waals surface area contributed by atoms with Gasteiger partial charge < -0.3 is 24.6 Å². The number of carbonyl (C=O) groups is 1. The third-order valence-electron chi connectivity index (χ3n) is 4.22. The van der Waals surface area contributed by atoms with E-state index in [1.165, 1.54) is 0 Å². The van der Waals surface area contributed by atoms with Gasteiger partial charge in [-0.3, -0.25) is 0 Å². The molecular formula is C14H27N3O3. The molecule has 20 heavy (non-hydrogen) atoms. The van der Waals surface area contributed by atoms with Gasteiger partial charge in [0.25, 0.3) is 0 Å². The van der Waals surface area contributed by atoms with E-state index in [0.717, 1.165) is 39.0 Å². The van der Waals surface area contributed by atoms with E-state index in [2.05, 4.69) is 17.3 Å². The highest BCUT2D eigenvalue weighted by molar-refractivity contribution is 5.67. The number of amides is 1. The maximum absolute atomic E-state index is 11.6. The first-order chi connectivity index (χ1) is 9.63. The zero-order valence-electron chi connectivity index (χ0n) is 12.8. The molecule has 0 aromatic carbocycles.